The van der Waals surface area contributed by atoms with Crippen LogP contribution in [0.4, 0.5) is 20.7 Å². The number of sulfonamides is 1. The number of halogens is 1. The van der Waals surface area contributed by atoms with E-state index in [9.17, 15) is 17.6 Å². The van der Waals surface area contributed by atoms with Gasteiger partial charge < -0.3 is 0 Å². The number of amides is 2. The molecule has 1 aliphatic rings. The largest absolute Gasteiger partial charge is 0.341 e. The molecule has 1 aromatic carbocycles. The number of aryl methyl sites for hydroxylation is 1. The van der Waals surface area contributed by atoms with Crippen LogP contribution in [0.2, 0.25) is 0 Å². The van der Waals surface area contributed by atoms with Crippen molar-refractivity contribution in [3.05, 3.63) is 47.9 Å². The molecule has 2 amide bonds. The highest BCUT2D eigenvalue weighted by Crippen LogP contribution is 2.33. The number of aromatic nitrogens is 1. The second-order valence-corrected chi connectivity index (χ2v) is 6.16. The molecule has 1 N–H and O–H groups in total. The summed E-state index contributed by atoms with van der Waals surface area (Å²) in [6.07, 6.45) is 1.39. The van der Waals surface area contributed by atoms with E-state index in [2.05, 4.69) is 4.98 Å². The van der Waals surface area contributed by atoms with Gasteiger partial charge in [-0.2, -0.15) is 0 Å². The number of benzene rings is 1. The Morgan fingerprint density at radius 3 is 2.76 bits per heavy atom. The quantitative estimate of drug-likeness (QED) is 0.875. The van der Waals surface area contributed by atoms with Crippen LogP contribution >= 0.6 is 0 Å². The number of carbonyl (C=O) groups is 1. The summed E-state index contributed by atoms with van der Waals surface area (Å²) in [6, 6.07) is 6.00. The van der Waals surface area contributed by atoms with Crippen molar-refractivity contribution in [3.63, 3.8) is 0 Å². The second kappa shape index (κ2) is 4.52. The van der Waals surface area contributed by atoms with Gasteiger partial charge in [0.05, 0.1) is 5.69 Å². The van der Waals surface area contributed by atoms with Gasteiger partial charge in [-0.15, -0.1) is 0 Å². The molecule has 2 aromatic rings. The highest BCUT2D eigenvalue weighted by Gasteiger charge is 2.35. The van der Waals surface area contributed by atoms with Crippen LogP contribution in [0.3, 0.4) is 0 Å². The number of rotatable bonds is 1. The molecule has 0 unspecified atom stereocenters. The summed E-state index contributed by atoms with van der Waals surface area (Å²) in [5, 5.41) is 0. The molecule has 6 nitrogen and oxygen atoms in total. The van der Waals surface area contributed by atoms with Gasteiger partial charge >= 0.3 is 6.03 Å². The molecular weight excluding hydrogens is 297 g/mol. The first-order valence-electron chi connectivity index (χ1n) is 5.98. The lowest BCUT2D eigenvalue weighted by atomic mass is 10.2. The standard InChI is InChI=1S/C13H10FN3O3S/c1-8-7-9(4-5-10(8)14)17-12-11(3-2-6-15-12)21(19,20)16-13(17)18/h2-7H,1H3,(H,16,18). The lowest BCUT2D eigenvalue weighted by molar-refractivity contribution is 0.252. The van der Waals surface area contributed by atoms with Gasteiger partial charge in [-0.05, 0) is 42.8 Å². The van der Waals surface area contributed by atoms with Crippen LogP contribution in [-0.2, 0) is 10.0 Å². The zero-order valence-electron chi connectivity index (χ0n) is 10.9. The molecule has 2 heterocycles. The third-order valence-electron chi connectivity index (χ3n) is 3.08. The number of fused-ring (bicyclic) bond motifs is 1. The van der Waals surface area contributed by atoms with Gasteiger partial charge in [0, 0.05) is 6.20 Å². The van der Waals surface area contributed by atoms with Crippen LogP contribution in [0, 0.1) is 12.7 Å². The minimum Gasteiger partial charge on any atom is -0.247 e. The molecule has 1 aromatic heterocycles. The Labute approximate surface area is 120 Å². The molecule has 0 saturated heterocycles. The Bertz CT molecular complexity index is 851. The van der Waals surface area contributed by atoms with Crippen LogP contribution < -0.4 is 9.62 Å². The van der Waals surface area contributed by atoms with E-state index >= 15 is 0 Å². The van der Waals surface area contributed by atoms with Gasteiger partial charge in [-0.3, -0.25) is 0 Å². The van der Waals surface area contributed by atoms with Crippen molar-refractivity contribution in [2.75, 3.05) is 4.90 Å². The average Bonchev–Trinajstić information content (AvgIpc) is 2.42. The monoisotopic (exact) mass is 307 g/mol. The van der Waals surface area contributed by atoms with Crippen LogP contribution in [0.25, 0.3) is 0 Å². The summed E-state index contributed by atoms with van der Waals surface area (Å²) in [4.78, 5) is 17.0. The van der Waals surface area contributed by atoms with Gasteiger partial charge in [0.1, 0.15) is 10.7 Å². The van der Waals surface area contributed by atoms with Crippen molar-refractivity contribution in [1.82, 2.24) is 9.71 Å². The fourth-order valence-electron chi connectivity index (χ4n) is 2.08. The maximum absolute atomic E-state index is 13.4. The summed E-state index contributed by atoms with van der Waals surface area (Å²) in [7, 11) is -3.93. The molecule has 1 aliphatic heterocycles. The predicted molar refractivity (Wildman–Crippen MR) is 73.2 cm³/mol. The average molecular weight is 307 g/mol. The summed E-state index contributed by atoms with van der Waals surface area (Å²) in [5.74, 6) is -0.419. The first-order valence-corrected chi connectivity index (χ1v) is 7.46. The molecule has 0 bridgehead atoms. The van der Waals surface area contributed by atoms with E-state index in [4.69, 9.17) is 0 Å². The molecule has 21 heavy (non-hydrogen) atoms. The van der Waals surface area contributed by atoms with Crippen LogP contribution in [-0.4, -0.2) is 19.4 Å². The predicted octanol–water partition coefficient (Wildman–Crippen LogP) is 2.08. The number of anilines is 2. The number of urea groups is 1. The van der Waals surface area contributed by atoms with Crippen molar-refractivity contribution in [2.45, 2.75) is 11.8 Å². The molecular formula is C13H10FN3O3S. The molecule has 8 heteroatoms. The topological polar surface area (TPSA) is 79.4 Å². The van der Waals surface area contributed by atoms with Crippen molar-refractivity contribution in [1.29, 1.82) is 0 Å². The Morgan fingerprint density at radius 2 is 2.05 bits per heavy atom. The minimum atomic E-state index is -3.93. The van der Waals surface area contributed by atoms with Crippen molar-refractivity contribution in [3.8, 4) is 0 Å². The third kappa shape index (κ3) is 2.13. The molecule has 0 radical (unpaired) electrons. The highest BCUT2D eigenvalue weighted by atomic mass is 32.2. The molecule has 108 valence electrons. The van der Waals surface area contributed by atoms with E-state index in [-0.39, 0.29) is 10.7 Å². The van der Waals surface area contributed by atoms with Gasteiger partial charge in [0.25, 0.3) is 10.0 Å². The van der Waals surface area contributed by atoms with E-state index < -0.39 is 21.9 Å². The Hall–Kier alpha value is -2.48. The number of hydrogen-bond donors (Lipinski definition) is 1. The lowest BCUT2D eigenvalue weighted by Crippen LogP contribution is -2.45. The van der Waals surface area contributed by atoms with Gasteiger partial charge in [-0.25, -0.2) is 32.2 Å². The normalized spacial score (nSPS) is 16.3. The van der Waals surface area contributed by atoms with E-state index in [1.165, 1.54) is 36.5 Å². The van der Waals surface area contributed by atoms with Crippen molar-refractivity contribution in [2.24, 2.45) is 0 Å². The summed E-state index contributed by atoms with van der Waals surface area (Å²) in [5.41, 5.74) is 0.674. The summed E-state index contributed by atoms with van der Waals surface area (Å²) >= 11 is 0. The summed E-state index contributed by atoms with van der Waals surface area (Å²) in [6.45, 7) is 1.55. The van der Waals surface area contributed by atoms with Crippen molar-refractivity contribution >= 4 is 27.6 Å². The fourth-order valence-corrected chi connectivity index (χ4v) is 3.15. The fraction of sp³-hybridized carbons (Fsp3) is 0.0769. The number of hydrogen-bond acceptors (Lipinski definition) is 4. The van der Waals surface area contributed by atoms with E-state index in [1.54, 1.807) is 6.92 Å². The van der Waals surface area contributed by atoms with Crippen LogP contribution in [0.5, 0.6) is 0 Å². The third-order valence-corrected chi connectivity index (χ3v) is 4.42. The Kier molecular flexibility index (Phi) is 2.91. The Morgan fingerprint density at radius 1 is 1.29 bits per heavy atom. The van der Waals surface area contributed by atoms with Gasteiger partial charge in [0.2, 0.25) is 0 Å². The van der Waals surface area contributed by atoms with Gasteiger partial charge in [0.15, 0.2) is 5.82 Å². The molecule has 0 atom stereocenters. The van der Waals surface area contributed by atoms with E-state index in [0.29, 0.717) is 11.3 Å². The van der Waals surface area contributed by atoms with Gasteiger partial charge in [-0.1, -0.05) is 0 Å². The van der Waals surface area contributed by atoms with E-state index in [1.807, 2.05) is 4.72 Å². The number of nitrogens with zero attached hydrogens (tertiary/aromatic N) is 2. The molecule has 0 fully saturated rings. The lowest BCUT2D eigenvalue weighted by Gasteiger charge is -2.28. The maximum Gasteiger partial charge on any atom is 0.341 e. The Balaban J connectivity index is 2.23. The first kappa shape index (κ1) is 13.5. The number of pyridine rings is 1. The minimum absolute atomic E-state index is 0.00717. The zero-order chi connectivity index (χ0) is 15.2. The molecule has 0 saturated carbocycles. The van der Waals surface area contributed by atoms with E-state index in [0.717, 1.165) is 4.90 Å². The SMILES string of the molecule is Cc1cc(N2C(=O)NS(=O)(=O)c3cccnc32)ccc1F. The smallest absolute Gasteiger partial charge is 0.247 e. The molecule has 3 rings (SSSR count). The van der Waals surface area contributed by atoms with Crippen molar-refractivity contribution < 1.29 is 17.6 Å². The number of carbonyl (C=O) groups excluding carboxylic acids is 1. The maximum atomic E-state index is 13.4. The molecule has 0 aliphatic carbocycles. The first-order chi connectivity index (χ1) is 9.90. The zero-order valence-corrected chi connectivity index (χ0v) is 11.7. The second-order valence-electron chi connectivity index (χ2n) is 4.50. The number of nitrogens with one attached hydrogen (secondary N) is 1. The highest BCUT2D eigenvalue weighted by molar-refractivity contribution is 7.90. The summed E-state index contributed by atoms with van der Waals surface area (Å²) < 4.78 is 39.1. The van der Waals surface area contributed by atoms with Crippen LogP contribution in [0.1, 0.15) is 5.56 Å². The van der Waals surface area contributed by atoms with Crippen LogP contribution in [0.15, 0.2) is 41.4 Å². The molecule has 0 spiro atoms.